The Morgan fingerprint density at radius 2 is 1.72 bits per heavy atom. The molecule has 29 heavy (non-hydrogen) atoms. The van der Waals surface area contributed by atoms with Gasteiger partial charge in [-0.25, -0.2) is 4.79 Å². The van der Waals surface area contributed by atoms with Gasteiger partial charge in [0, 0.05) is 13.5 Å². The Morgan fingerprint density at radius 1 is 1.17 bits per heavy atom. The maximum Gasteiger partial charge on any atom is 0.492 e. The Balaban J connectivity index is 2.51. The number of nitrogens with one attached hydrogen (secondary N) is 1. The van der Waals surface area contributed by atoms with Gasteiger partial charge in [0.25, 0.3) is 0 Å². The molecule has 2 rings (SSSR count). The molecule has 1 aliphatic heterocycles. The molecule has 0 atom stereocenters. The van der Waals surface area contributed by atoms with Gasteiger partial charge in [-0.1, -0.05) is 12.1 Å². The molecule has 0 radical (unpaired) electrons. The highest BCUT2D eigenvalue weighted by Gasteiger charge is 2.52. The first-order valence-electron chi connectivity index (χ1n) is 8.89. The maximum absolute atomic E-state index is 13.0. The fourth-order valence-corrected chi connectivity index (χ4v) is 2.67. The first-order chi connectivity index (χ1) is 13.1. The lowest BCUT2D eigenvalue weighted by Gasteiger charge is -2.32. The zero-order valence-corrected chi connectivity index (χ0v) is 16.8. The van der Waals surface area contributed by atoms with Crippen molar-refractivity contribution in [3.63, 3.8) is 0 Å². The number of benzene rings is 1. The van der Waals surface area contributed by atoms with Gasteiger partial charge in [-0.05, 0) is 50.9 Å². The van der Waals surface area contributed by atoms with Crippen LogP contribution < -0.4 is 5.32 Å². The van der Waals surface area contributed by atoms with E-state index in [0.29, 0.717) is 11.5 Å². The molecule has 0 unspecified atom stereocenters. The molecular weight excluding hydrogens is 390 g/mol. The summed E-state index contributed by atoms with van der Waals surface area (Å²) in [6.45, 7) is 8.58. The Bertz CT molecular complexity index is 833. The number of hydrogen-bond donors (Lipinski definition) is 2. The Hall–Kier alpha value is -2.33. The number of rotatable bonds is 5. The number of carboxylic acids is 1. The number of alkyl halides is 3. The predicted octanol–water partition coefficient (Wildman–Crippen LogP) is 3.55. The quantitative estimate of drug-likeness (QED) is 0.722. The van der Waals surface area contributed by atoms with Gasteiger partial charge in [0.05, 0.1) is 22.3 Å². The molecular formula is C19H23BF3NO5. The number of halogens is 3. The van der Waals surface area contributed by atoms with Gasteiger partial charge >= 0.3 is 19.3 Å². The summed E-state index contributed by atoms with van der Waals surface area (Å²) in [6.07, 6.45) is -3.29. The maximum atomic E-state index is 13.0. The van der Waals surface area contributed by atoms with E-state index in [1.54, 1.807) is 0 Å². The van der Waals surface area contributed by atoms with Crippen molar-refractivity contribution >= 4 is 25.1 Å². The van der Waals surface area contributed by atoms with Crippen molar-refractivity contribution in [3.05, 3.63) is 40.4 Å². The van der Waals surface area contributed by atoms with Gasteiger partial charge in [-0.15, -0.1) is 0 Å². The molecule has 1 amide bonds. The topological polar surface area (TPSA) is 84.9 Å². The lowest BCUT2D eigenvalue weighted by Crippen LogP contribution is -2.41. The SMILES string of the molecule is CC(=O)NCC(=Cc1ccc(C(F)(F)F)cc1C(=O)O)B1OC(C)(C)C(C)(C)O1. The van der Waals surface area contributed by atoms with E-state index in [9.17, 15) is 27.9 Å². The van der Waals surface area contributed by atoms with Crippen molar-refractivity contribution in [2.24, 2.45) is 0 Å². The van der Waals surface area contributed by atoms with Gasteiger partial charge in [-0.2, -0.15) is 13.2 Å². The fraction of sp³-hybridized carbons (Fsp3) is 0.474. The highest BCUT2D eigenvalue weighted by Crippen LogP contribution is 2.39. The highest BCUT2D eigenvalue weighted by atomic mass is 19.4. The second kappa shape index (κ2) is 7.83. The largest absolute Gasteiger partial charge is 0.492 e. The minimum Gasteiger partial charge on any atom is -0.478 e. The van der Waals surface area contributed by atoms with Gasteiger partial charge in [0.15, 0.2) is 0 Å². The summed E-state index contributed by atoms with van der Waals surface area (Å²) < 4.78 is 50.7. The number of aromatic carboxylic acids is 1. The Kier molecular flexibility index (Phi) is 6.20. The van der Waals surface area contributed by atoms with Crippen LogP contribution in [0.25, 0.3) is 6.08 Å². The molecule has 1 heterocycles. The minimum absolute atomic E-state index is 0.0216. The van der Waals surface area contributed by atoms with Gasteiger partial charge in [-0.3, -0.25) is 4.79 Å². The van der Waals surface area contributed by atoms with Crippen LogP contribution in [0.15, 0.2) is 23.7 Å². The van der Waals surface area contributed by atoms with Crippen LogP contribution in [0.3, 0.4) is 0 Å². The monoisotopic (exact) mass is 413 g/mol. The smallest absolute Gasteiger partial charge is 0.478 e. The number of carbonyl (C=O) groups excluding carboxylic acids is 1. The summed E-state index contributed by atoms with van der Waals surface area (Å²) >= 11 is 0. The van der Waals surface area contributed by atoms with Crippen LogP contribution in [0.2, 0.25) is 0 Å². The van der Waals surface area contributed by atoms with Crippen LogP contribution in [-0.2, 0) is 20.3 Å². The summed E-state index contributed by atoms with van der Waals surface area (Å²) in [5.74, 6) is -1.84. The third-order valence-corrected chi connectivity index (χ3v) is 5.05. The predicted molar refractivity (Wildman–Crippen MR) is 101 cm³/mol. The van der Waals surface area contributed by atoms with E-state index < -0.39 is 41.6 Å². The number of hydrogen-bond acceptors (Lipinski definition) is 4. The van der Waals surface area contributed by atoms with Crippen LogP contribution in [0, 0.1) is 0 Å². The van der Waals surface area contributed by atoms with Gasteiger partial charge in [0.1, 0.15) is 0 Å². The number of amides is 1. The Morgan fingerprint density at radius 3 is 2.17 bits per heavy atom. The van der Waals surface area contributed by atoms with Crippen molar-refractivity contribution in [2.75, 3.05) is 6.54 Å². The normalized spacial score (nSPS) is 18.6. The van der Waals surface area contributed by atoms with E-state index in [2.05, 4.69) is 5.32 Å². The van der Waals surface area contributed by atoms with E-state index in [1.165, 1.54) is 13.0 Å². The summed E-state index contributed by atoms with van der Waals surface area (Å²) in [5.41, 5.74) is -2.55. The number of carbonyl (C=O) groups is 2. The van der Waals surface area contributed by atoms with Crippen molar-refractivity contribution in [1.29, 1.82) is 0 Å². The molecule has 6 nitrogen and oxygen atoms in total. The molecule has 0 bridgehead atoms. The molecule has 1 fully saturated rings. The van der Waals surface area contributed by atoms with Crippen LogP contribution in [0.1, 0.15) is 56.1 Å². The molecule has 0 saturated carbocycles. The molecule has 0 aromatic heterocycles. The second-order valence-electron chi connectivity index (χ2n) is 7.82. The van der Waals surface area contributed by atoms with E-state index in [0.717, 1.165) is 12.1 Å². The first-order valence-corrected chi connectivity index (χ1v) is 8.89. The van der Waals surface area contributed by atoms with Crippen molar-refractivity contribution in [2.45, 2.75) is 52.0 Å². The van der Waals surface area contributed by atoms with E-state index in [-0.39, 0.29) is 18.0 Å². The highest BCUT2D eigenvalue weighted by molar-refractivity contribution is 6.56. The van der Waals surface area contributed by atoms with Crippen LogP contribution >= 0.6 is 0 Å². The standard InChI is InChI=1S/C19H23BF3NO5/c1-11(25)24-10-14(20-28-17(2,3)18(4,5)29-20)8-12-6-7-13(19(21,22)23)9-15(12)16(26)27/h6-9H,10H2,1-5H3,(H,24,25)(H,26,27). The summed E-state index contributed by atoms with van der Waals surface area (Å²) in [5, 5.41) is 12.0. The Labute approximate surface area is 167 Å². The van der Waals surface area contributed by atoms with Crippen LogP contribution in [-0.4, -0.2) is 41.8 Å². The molecule has 1 saturated heterocycles. The zero-order valence-electron chi connectivity index (χ0n) is 16.8. The lowest BCUT2D eigenvalue weighted by molar-refractivity contribution is -0.137. The van der Waals surface area contributed by atoms with Crippen molar-refractivity contribution in [1.82, 2.24) is 5.32 Å². The second-order valence-corrected chi connectivity index (χ2v) is 7.82. The molecule has 2 N–H and O–H groups in total. The molecule has 1 aromatic carbocycles. The van der Waals surface area contributed by atoms with Crippen LogP contribution in [0.5, 0.6) is 0 Å². The van der Waals surface area contributed by atoms with Gasteiger partial charge in [0.2, 0.25) is 5.91 Å². The molecule has 158 valence electrons. The number of carboxylic acid groups (broad SMARTS) is 1. The lowest BCUT2D eigenvalue weighted by atomic mass is 9.76. The summed E-state index contributed by atoms with van der Waals surface area (Å²) in [7, 11) is -0.907. The van der Waals surface area contributed by atoms with Gasteiger partial charge < -0.3 is 19.7 Å². The average molecular weight is 413 g/mol. The first kappa shape index (κ1) is 23.0. The third-order valence-electron chi connectivity index (χ3n) is 5.05. The van der Waals surface area contributed by atoms with E-state index in [1.807, 2.05) is 27.7 Å². The molecule has 0 spiro atoms. The fourth-order valence-electron chi connectivity index (χ4n) is 2.67. The minimum atomic E-state index is -4.67. The zero-order chi connectivity index (χ0) is 22.2. The molecule has 1 aliphatic rings. The molecule has 0 aliphatic carbocycles. The van der Waals surface area contributed by atoms with Crippen molar-refractivity contribution in [3.8, 4) is 0 Å². The van der Waals surface area contributed by atoms with E-state index >= 15 is 0 Å². The average Bonchev–Trinajstić information content (AvgIpc) is 2.77. The third kappa shape index (κ3) is 5.19. The summed E-state index contributed by atoms with van der Waals surface area (Å²) in [6, 6.07) is 2.46. The van der Waals surface area contributed by atoms with Crippen molar-refractivity contribution < 1.29 is 37.2 Å². The van der Waals surface area contributed by atoms with Crippen LogP contribution in [0.4, 0.5) is 13.2 Å². The summed E-state index contributed by atoms with van der Waals surface area (Å²) in [4.78, 5) is 22.9. The molecule has 10 heteroatoms. The molecule has 1 aromatic rings. The van der Waals surface area contributed by atoms with E-state index in [4.69, 9.17) is 9.31 Å².